The highest BCUT2D eigenvalue weighted by atomic mass is 32.2. The van der Waals surface area contributed by atoms with Crippen molar-refractivity contribution in [2.75, 3.05) is 55.7 Å². The number of hydrogen-bond donors (Lipinski definition) is 0. The molecule has 144 valence electrons. The highest BCUT2D eigenvalue weighted by Crippen LogP contribution is 2.21. The van der Waals surface area contributed by atoms with E-state index in [9.17, 15) is 4.79 Å². The van der Waals surface area contributed by atoms with Crippen LogP contribution in [-0.2, 0) is 11.3 Å². The van der Waals surface area contributed by atoms with E-state index in [4.69, 9.17) is 4.52 Å². The van der Waals surface area contributed by atoms with Crippen molar-refractivity contribution >= 4 is 23.5 Å². The molecule has 0 aromatic carbocycles. The van der Waals surface area contributed by atoms with Crippen molar-refractivity contribution in [3.8, 4) is 11.4 Å². The fraction of sp³-hybridized carbons (Fsp3) is 0.556. The summed E-state index contributed by atoms with van der Waals surface area (Å²) >= 11 is 1.99. The molecule has 0 bridgehead atoms. The second-order valence-corrected chi connectivity index (χ2v) is 8.02. The molecule has 2 aliphatic rings. The van der Waals surface area contributed by atoms with Crippen LogP contribution in [-0.4, -0.2) is 81.6 Å². The Morgan fingerprint density at radius 3 is 2.59 bits per heavy atom. The highest BCUT2D eigenvalue weighted by Gasteiger charge is 2.21. The van der Waals surface area contributed by atoms with E-state index >= 15 is 0 Å². The first-order valence-electron chi connectivity index (χ1n) is 9.28. The average molecular weight is 388 g/mol. The third-order valence-corrected chi connectivity index (χ3v) is 5.93. The minimum atomic E-state index is 0.133. The van der Waals surface area contributed by atoms with Gasteiger partial charge in [-0.3, -0.25) is 9.69 Å². The second-order valence-electron chi connectivity index (χ2n) is 6.80. The largest absolute Gasteiger partial charge is 0.355 e. The van der Waals surface area contributed by atoms with Gasteiger partial charge in [-0.1, -0.05) is 5.16 Å². The molecule has 4 rings (SSSR count). The Morgan fingerprint density at radius 1 is 1.15 bits per heavy atom. The van der Waals surface area contributed by atoms with Crippen LogP contribution in [0.3, 0.4) is 0 Å². The molecule has 0 aliphatic carbocycles. The Bertz CT molecular complexity index is 766. The Kier molecular flexibility index (Phi) is 5.58. The fourth-order valence-corrected chi connectivity index (χ4v) is 4.25. The molecule has 27 heavy (non-hydrogen) atoms. The summed E-state index contributed by atoms with van der Waals surface area (Å²) in [6.07, 6.45) is 1.82. The molecular formula is C18H24N6O2S. The van der Waals surface area contributed by atoms with Crippen molar-refractivity contribution in [3.05, 3.63) is 24.2 Å². The van der Waals surface area contributed by atoms with Crippen LogP contribution in [0.2, 0.25) is 0 Å². The van der Waals surface area contributed by atoms with Gasteiger partial charge >= 0.3 is 0 Å². The second kappa shape index (κ2) is 8.26. The van der Waals surface area contributed by atoms with Crippen molar-refractivity contribution in [1.82, 2.24) is 24.9 Å². The first-order chi connectivity index (χ1) is 13.2. The van der Waals surface area contributed by atoms with Crippen molar-refractivity contribution in [3.63, 3.8) is 0 Å². The van der Waals surface area contributed by atoms with Crippen molar-refractivity contribution in [1.29, 1.82) is 0 Å². The van der Waals surface area contributed by atoms with Crippen molar-refractivity contribution in [2.45, 2.75) is 13.5 Å². The molecular weight excluding hydrogens is 364 g/mol. The minimum Gasteiger partial charge on any atom is -0.355 e. The number of hydrogen-bond acceptors (Lipinski definition) is 8. The predicted octanol–water partition coefficient (Wildman–Crippen LogP) is 1.35. The summed E-state index contributed by atoms with van der Waals surface area (Å²) in [5.41, 5.74) is 0.863. The van der Waals surface area contributed by atoms with Crippen LogP contribution in [0, 0.1) is 0 Å². The molecule has 0 saturated carbocycles. The fourth-order valence-electron chi connectivity index (χ4n) is 3.35. The molecule has 0 unspecified atom stereocenters. The standard InChI is InChI=1S/C18H24N6O2S/c1-14(25)23-6-4-22(5-7-23)13-17-20-18(21-26-17)15-2-3-16(19-12-15)24-8-10-27-11-9-24/h2-3,12H,4-11,13H2,1H3. The summed E-state index contributed by atoms with van der Waals surface area (Å²) in [6, 6.07) is 4.03. The third-order valence-electron chi connectivity index (χ3n) is 4.99. The van der Waals surface area contributed by atoms with Crippen LogP contribution in [0.1, 0.15) is 12.8 Å². The van der Waals surface area contributed by atoms with E-state index in [-0.39, 0.29) is 5.91 Å². The van der Waals surface area contributed by atoms with Crippen LogP contribution in [0.4, 0.5) is 5.82 Å². The van der Waals surface area contributed by atoms with Gasteiger partial charge in [-0.15, -0.1) is 0 Å². The van der Waals surface area contributed by atoms with Gasteiger partial charge in [0.2, 0.25) is 17.6 Å². The monoisotopic (exact) mass is 388 g/mol. The van der Waals surface area contributed by atoms with Gasteiger partial charge in [0.15, 0.2) is 0 Å². The van der Waals surface area contributed by atoms with Crippen LogP contribution in [0.15, 0.2) is 22.9 Å². The molecule has 0 N–H and O–H groups in total. The lowest BCUT2D eigenvalue weighted by Crippen LogP contribution is -2.47. The molecule has 0 radical (unpaired) electrons. The molecule has 4 heterocycles. The maximum Gasteiger partial charge on any atom is 0.241 e. The zero-order chi connectivity index (χ0) is 18.6. The molecule has 9 heteroatoms. The first-order valence-corrected chi connectivity index (χ1v) is 10.4. The SMILES string of the molecule is CC(=O)N1CCN(Cc2nc(-c3ccc(N4CCSCC4)nc3)no2)CC1. The molecule has 2 aromatic heterocycles. The lowest BCUT2D eigenvalue weighted by atomic mass is 10.2. The summed E-state index contributed by atoms with van der Waals surface area (Å²) in [7, 11) is 0. The summed E-state index contributed by atoms with van der Waals surface area (Å²) in [6.45, 7) is 7.44. The maximum absolute atomic E-state index is 11.4. The number of carbonyl (C=O) groups excluding carboxylic acids is 1. The van der Waals surface area contributed by atoms with E-state index in [2.05, 4.69) is 24.9 Å². The zero-order valence-corrected chi connectivity index (χ0v) is 16.3. The molecule has 2 aliphatic heterocycles. The molecule has 2 saturated heterocycles. The number of carbonyl (C=O) groups is 1. The normalized spacial score (nSPS) is 18.7. The summed E-state index contributed by atoms with van der Waals surface area (Å²) in [4.78, 5) is 26.9. The van der Waals surface area contributed by atoms with Crippen LogP contribution >= 0.6 is 11.8 Å². The van der Waals surface area contributed by atoms with E-state index in [1.54, 1.807) is 6.92 Å². The molecule has 1 amide bonds. The van der Waals surface area contributed by atoms with Crippen molar-refractivity contribution in [2.24, 2.45) is 0 Å². The Balaban J connectivity index is 1.35. The Morgan fingerprint density at radius 2 is 1.93 bits per heavy atom. The summed E-state index contributed by atoms with van der Waals surface area (Å²) in [5, 5.41) is 4.10. The maximum atomic E-state index is 11.4. The van der Waals surface area contributed by atoms with Gasteiger partial charge in [0.25, 0.3) is 0 Å². The Labute approximate surface area is 162 Å². The lowest BCUT2D eigenvalue weighted by molar-refractivity contribution is -0.130. The van der Waals surface area contributed by atoms with Crippen molar-refractivity contribution < 1.29 is 9.32 Å². The highest BCUT2D eigenvalue weighted by molar-refractivity contribution is 7.99. The average Bonchev–Trinajstić information content (AvgIpc) is 3.18. The van der Waals surface area contributed by atoms with Crippen LogP contribution in [0.25, 0.3) is 11.4 Å². The summed E-state index contributed by atoms with van der Waals surface area (Å²) in [5.74, 6) is 4.61. The van der Waals surface area contributed by atoms with Gasteiger partial charge in [-0.05, 0) is 12.1 Å². The first kappa shape index (κ1) is 18.2. The quantitative estimate of drug-likeness (QED) is 0.777. The number of piperazine rings is 1. The predicted molar refractivity (Wildman–Crippen MR) is 105 cm³/mol. The zero-order valence-electron chi connectivity index (χ0n) is 15.5. The number of aromatic nitrogens is 3. The van der Waals surface area contributed by atoms with Gasteiger partial charge in [0.1, 0.15) is 5.82 Å². The molecule has 0 atom stereocenters. The number of anilines is 1. The Hall–Kier alpha value is -2.13. The number of nitrogens with zero attached hydrogens (tertiary/aromatic N) is 6. The molecule has 2 fully saturated rings. The number of amides is 1. The number of thioether (sulfide) groups is 1. The summed E-state index contributed by atoms with van der Waals surface area (Å²) < 4.78 is 5.42. The number of pyridine rings is 1. The van der Waals surface area contributed by atoms with Gasteiger partial charge in [0, 0.05) is 69.5 Å². The topological polar surface area (TPSA) is 78.6 Å². The third kappa shape index (κ3) is 4.41. The molecule has 8 nitrogen and oxygen atoms in total. The van der Waals surface area contributed by atoms with Gasteiger partial charge < -0.3 is 14.3 Å². The van der Waals surface area contributed by atoms with E-state index in [0.29, 0.717) is 18.3 Å². The van der Waals surface area contributed by atoms with Gasteiger partial charge in [-0.25, -0.2) is 4.98 Å². The van der Waals surface area contributed by atoms with E-state index in [0.717, 1.165) is 62.2 Å². The van der Waals surface area contributed by atoms with E-state index in [1.165, 1.54) is 0 Å². The lowest BCUT2D eigenvalue weighted by Gasteiger charge is -2.33. The van der Waals surface area contributed by atoms with Gasteiger partial charge in [0.05, 0.1) is 6.54 Å². The van der Waals surface area contributed by atoms with Crippen LogP contribution in [0.5, 0.6) is 0 Å². The molecule has 0 spiro atoms. The minimum absolute atomic E-state index is 0.133. The van der Waals surface area contributed by atoms with Gasteiger partial charge in [-0.2, -0.15) is 16.7 Å². The smallest absolute Gasteiger partial charge is 0.241 e. The van der Waals surface area contributed by atoms with Crippen LogP contribution < -0.4 is 4.90 Å². The van der Waals surface area contributed by atoms with E-state index < -0.39 is 0 Å². The molecule has 2 aromatic rings. The number of rotatable bonds is 4. The van der Waals surface area contributed by atoms with E-state index in [1.807, 2.05) is 35.0 Å².